The van der Waals surface area contributed by atoms with Gasteiger partial charge < -0.3 is 14.2 Å². The molecule has 0 saturated heterocycles. The van der Waals surface area contributed by atoms with Crippen molar-refractivity contribution < 1.29 is 23.8 Å². The summed E-state index contributed by atoms with van der Waals surface area (Å²) in [5.41, 5.74) is -0.280. The van der Waals surface area contributed by atoms with Crippen LogP contribution in [-0.4, -0.2) is 30.9 Å². The molecule has 6 rings (SSSR count). The van der Waals surface area contributed by atoms with E-state index in [2.05, 4.69) is 4.74 Å². The molecule has 182 valence electrons. The molecule has 6 bridgehead atoms. The van der Waals surface area contributed by atoms with Gasteiger partial charge in [0.25, 0.3) is 0 Å². The maximum Gasteiger partial charge on any atom is 0.311 e. The minimum Gasteiger partial charge on any atom is -0.469 e. The Kier molecular flexibility index (Phi) is 6.96. The summed E-state index contributed by atoms with van der Waals surface area (Å²) in [5.74, 6) is 4.05. The lowest BCUT2D eigenvalue weighted by Gasteiger charge is -2.56. The monoisotopic (exact) mass is 448 g/mol. The molecule has 32 heavy (non-hydrogen) atoms. The molecule has 0 amide bonds. The van der Waals surface area contributed by atoms with Crippen molar-refractivity contribution in [1.29, 1.82) is 0 Å². The van der Waals surface area contributed by atoms with E-state index < -0.39 is 0 Å². The Bertz CT molecular complexity index is 663. The number of rotatable bonds is 6. The standard InChI is InChI=1S/C20H30O3.C7H14O2/c1-12(22-19(21)18-8-13-2-3-17(18)7-13)23-20-9-14-4-15(10-20)6-16(5-14)11-20;1-5-7(2,3)6(8)9-4/h12-18H,2-11H2,1H3;5H2,1-4H3. The van der Waals surface area contributed by atoms with E-state index in [1.165, 1.54) is 64.9 Å². The Morgan fingerprint density at radius 3 is 1.94 bits per heavy atom. The van der Waals surface area contributed by atoms with E-state index >= 15 is 0 Å². The minimum atomic E-state index is -0.363. The van der Waals surface area contributed by atoms with Crippen LogP contribution < -0.4 is 0 Å². The van der Waals surface area contributed by atoms with E-state index in [0.717, 1.165) is 36.5 Å². The SMILES string of the molecule is CC(OC(=O)C1CC2CCC1C2)OC12CC3CC(CC(C3)C1)C2.CCC(C)(C)C(=O)OC. The van der Waals surface area contributed by atoms with E-state index in [4.69, 9.17) is 9.47 Å². The molecule has 4 unspecified atom stereocenters. The summed E-state index contributed by atoms with van der Waals surface area (Å²) < 4.78 is 16.7. The highest BCUT2D eigenvalue weighted by Gasteiger charge is 2.53. The van der Waals surface area contributed by atoms with Crippen molar-refractivity contribution in [3.8, 4) is 0 Å². The lowest BCUT2D eigenvalue weighted by molar-refractivity contribution is -0.247. The van der Waals surface area contributed by atoms with Gasteiger partial charge in [-0.05, 0) is 115 Å². The van der Waals surface area contributed by atoms with Gasteiger partial charge in [0.1, 0.15) is 0 Å². The first-order chi connectivity index (χ1) is 15.1. The Hall–Kier alpha value is -1.10. The quantitative estimate of drug-likeness (QED) is 0.374. The fourth-order valence-electron chi connectivity index (χ4n) is 7.76. The Balaban J connectivity index is 0.000000234. The highest BCUT2D eigenvalue weighted by molar-refractivity contribution is 5.75. The molecule has 0 aromatic heterocycles. The number of hydrogen-bond acceptors (Lipinski definition) is 5. The number of hydrogen-bond donors (Lipinski definition) is 0. The van der Waals surface area contributed by atoms with Crippen molar-refractivity contribution in [1.82, 2.24) is 0 Å². The van der Waals surface area contributed by atoms with Crippen LogP contribution in [0.15, 0.2) is 0 Å². The largest absolute Gasteiger partial charge is 0.469 e. The summed E-state index contributed by atoms with van der Waals surface area (Å²) in [7, 11) is 1.42. The molecular weight excluding hydrogens is 404 g/mol. The van der Waals surface area contributed by atoms with Gasteiger partial charge in [-0.2, -0.15) is 0 Å². The average molecular weight is 449 g/mol. The van der Waals surface area contributed by atoms with Gasteiger partial charge in [0, 0.05) is 0 Å². The van der Waals surface area contributed by atoms with E-state index in [1.54, 1.807) is 0 Å². The third kappa shape index (κ3) is 5.03. The van der Waals surface area contributed by atoms with Crippen molar-refractivity contribution in [2.45, 2.75) is 110 Å². The molecule has 0 aromatic carbocycles. The van der Waals surface area contributed by atoms with Crippen molar-refractivity contribution in [2.24, 2.45) is 40.9 Å². The summed E-state index contributed by atoms with van der Waals surface area (Å²) in [6.07, 6.45) is 13.2. The molecule has 6 fully saturated rings. The van der Waals surface area contributed by atoms with Crippen LogP contribution in [0.5, 0.6) is 0 Å². The van der Waals surface area contributed by atoms with E-state index in [1.807, 2.05) is 27.7 Å². The number of methoxy groups -OCH3 is 1. The molecule has 0 aliphatic heterocycles. The first-order valence-corrected chi connectivity index (χ1v) is 13.1. The third-order valence-electron chi connectivity index (χ3n) is 9.34. The van der Waals surface area contributed by atoms with Crippen molar-refractivity contribution in [3.63, 3.8) is 0 Å². The van der Waals surface area contributed by atoms with Crippen LogP contribution in [-0.2, 0) is 23.8 Å². The summed E-state index contributed by atoms with van der Waals surface area (Å²) >= 11 is 0. The molecule has 4 atom stereocenters. The molecule has 0 radical (unpaired) electrons. The molecule has 0 N–H and O–H groups in total. The van der Waals surface area contributed by atoms with E-state index in [-0.39, 0.29) is 35.2 Å². The topological polar surface area (TPSA) is 61.8 Å². The number of carbonyl (C=O) groups excluding carboxylic acids is 2. The normalized spacial score (nSPS) is 39.9. The maximum absolute atomic E-state index is 12.5. The van der Waals surface area contributed by atoms with Crippen molar-refractivity contribution in [3.05, 3.63) is 0 Å². The molecule has 5 nitrogen and oxygen atoms in total. The zero-order chi connectivity index (χ0) is 23.1. The number of ether oxygens (including phenoxy) is 3. The van der Waals surface area contributed by atoms with Crippen LogP contribution in [0.3, 0.4) is 0 Å². The van der Waals surface area contributed by atoms with Crippen LogP contribution >= 0.6 is 0 Å². The zero-order valence-corrected chi connectivity index (χ0v) is 20.9. The first kappa shape index (κ1) is 24.0. The molecule has 0 aromatic rings. The van der Waals surface area contributed by atoms with Crippen LogP contribution in [0.2, 0.25) is 0 Å². The molecule has 5 heteroatoms. The van der Waals surface area contributed by atoms with Crippen LogP contribution in [0.25, 0.3) is 0 Å². The second-order valence-corrected chi connectivity index (χ2v) is 12.2. The predicted octanol–water partition coefficient (Wildman–Crippen LogP) is 5.89. The third-order valence-corrected chi connectivity index (χ3v) is 9.34. The summed E-state index contributed by atoms with van der Waals surface area (Å²) in [5, 5.41) is 0. The number of fused-ring (bicyclic) bond motifs is 2. The smallest absolute Gasteiger partial charge is 0.311 e. The Morgan fingerprint density at radius 2 is 1.53 bits per heavy atom. The molecular formula is C27H44O5. The second-order valence-electron chi connectivity index (χ2n) is 12.2. The molecule has 6 saturated carbocycles. The summed E-state index contributed by atoms with van der Waals surface area (Å²) in [6.45, 7) is 7.66. The van der Waals surface area contributed by atoms with Gasteiger partial charge in [-0.1, -0.05) is 13.3 Å². The fraction of sp³-hybridized carbons (Fsp3) is 0.926. The Morgan fingerprint density at radius 1 is 0.938 bits per heavy atom. The van der Waals surface area contributed by atoms with Crippen LogP contribution in [0.1, 0.15) is 98.3 Å². The van der Waals surface area contributed by atoms with Gasteiger partial charge in [-0.15, -0.1) is 0 Å². The van der Waals surface area contributed by atoms with E-state index in [0.29, 0.717) is 5.92 Å². The number of carbonyl (C=O) groups is 2. The number of esters is 2. The van der Waals surface area contributed by atoms with Gasteiger partial charge in [-0.25, -0.2) is 0 Å². The van der Waals surface area contributed by atoms with Crippen LogP contribution in [0.4, 0.5) is 0 Å². The molecule has 6 aliphatic carbocycles. The second kappa shape index (κ2) is 9.27. The van der Waals surface area contributed by atoms with E-state index in [9.17, 15) is 9.59 Å². The summed E-state index contributed by atoms with van der Waals surface area (Å²) in [4.78, 5) is 23.4. The van der Waals surface area contributed by atoms with Gasteiger partial charge in [0.05, 0.1) is 24.0 Å². The highest BCUT2D eigenvalue weighted by Crippen LogP contribution is 2.57. The summed E-state index contributed by atoms with van der Waals surface area (Å²) in [6, 6.07) is 0. The lowest BCUT2D eigenvalue weighted by atomic mass is 9.54. The lowest BCUT2D eigenvalue weighted by Crippen LogP contribution is -2.53. The van der Waals surface area contributed by atoms with Gasteiger partial charge in [0.15, 0.2) is 0 Å². The van der Waals surface area contributed by atoms with Gasteiger partial charge in [0.2, 0.25) is 6.29 Å². The van der Waals surface area contributed by atoms with Crippen molar-refractivity contribution in [2.75, 3.05) is 7.11 Å². The fourth-order valence-corrected chi connectivity index (χ4v) is 7.76. The molecule has 0 spiro atoms. The van der Waals surface area contributed by atoms with Gasteiger partial charge in [-0.3, -0.25) is 9.59 Å². The average Bonchev–Trinajstić information content (AvgIpc) is 3.35. The first-order valence-electron chi connectivity index (χ1n) is 13.1. The molecule has 6 aliphatic rings. The van der Waals surface area contributed by atoms with Crippen molar-refractivity contribution >= 4 is 11.9 Å². The predicted molar refractivity (Wildman–Crippen MR) is 123 cm³/mol. The van der Waals surface area contributed by atoms with Gasteiger partial charge >= 0.3 is 11.9 Å². The minimum absolute atomic E-state index is 0.0226. The molecule has 0 heterocycles. The maximum atomic E-state index is 12.5. The Labute approximate surface area is 194 Å². The zero-order valence-electron chi connectivity index (χ0n) is 20.9. The highest BCUT2D eigenvalue weighted by atomic mass is 16.7. The van der Waals surface area contributed by atoms with Crippen LogP contribution in [0, 0.1) is 40.9 Å².